The van der Waals surface area contributed by atoms with Crippen LogP contribution in [0.1, 0.15) is 18.4 Å². The third-order valence-electron chi connectivity index (χ3n) is 3.20. The van der Waals surface area contributed by atoms with Gasteiger partial charge in [0.2, 0.25) is 0 Å². The molecule has 1 atom stereocenters. The van der Waals surface area contributed by atoms with Crippen LogP contribution >= 0.6 is 0 Å². The first-order chi connectivity index (χ1) is 8.63. The van der Waals surface area contributed by atoms with Crippen molar-refractivity contribution in [1.82, 2.24) is 4.90 Å². The van der Waals surface area contributed by atoms with Gasteiger partial charge in [-0.05, 0) is 37.1 Å². The van der Waals surface area contributed by atoms with E-state index in [1.807, 2.05) is 4.90 Å². The summed E-state index contributed by atoms with van der Waals surface area (Å²) in [7, 11) is 0. The van der Waals surface area contributed by atoms with Crippen LogP contribution in [0.4, 0.5) is 4.39 Å². The third kappa shape index (κ3) is 3.89. The van der Waals surface area contributed by atoms with Gasteiger partial charge in [-0.25, -0.2) is 4.39 Å². The molecule has 1 fully saturated rings. The van der Waals surface area contributed by atoms with E-state index in [9.17, 15) is 14.3 Å². The van der Waals surface area contributed by atoms with Gasteiger partial charge in [-0.1, -0.05) is 12.1 Å². The number of halogens is 1. The molecule has 1 unspecified atom stereocenters. The van der Waals surface area contributed by atoms with E-state index in [2.05, 4.69) is 0 Å². The number of aliphatic hydroxyl groups is 1. The van der Waals surface area contributed by atoms with E-state index >= 15 is 0 Å². The molecule has 2 rings (SSSR count). The summed E-state index contributed by atoms with van der Waals surface area (Å²) in [5.74, 6) is -0.180. The molecule has 0 aliphatic carbocycles. The monoisotopic (exact) mass is 251 g/mol. The number of ketones is 1. The number of carbonyl (C=O) groups excluding carboxylic acids is 1. The van der Waals surface area contributed by atoms with Crippen molar-refractivity contribution in [1.29, 1.82) is 0 Å². The highest BCUT2D eigenvalue weighted by Gasteiger charge is 2.19. The van der Waals surface area contributed by atoms with Crippen molar-refractivity contribution in [3.63, 3.8) is 0 Å². The van der Waals surface area contributed by atoms with E-state index in [1.165, 1.54) is 12.1 Å². The van der Waals surface area contributed by atoms with E-state index in [0.29, 0.717) is 19.5 Å². The van der Waals surface area contributed by atoms with Crippen molar-refractivity contribution >= 4 is 5.78 Å². The Balaban J connectivity index is 1.83. The van der Waals surface area contributed by atoms with Crippen LogP contribution in [0.15, 0.2) is 24.3 Å². The lowest BCUT2D eigenvalue weighted by Gasteiger charge is -2.29. The zero-order valence-corrected chi connectivity index (χ0v) is 10.3. The fourth-order valence-electron chi connectivity index (χ4n) is 2.31. The summed E-state index contributed by atoms with van der Waals surface area (Å²) in [6.07, 6.45) is 1.78. The minimum atomic E-state index is -0.308. The van der Waals surface area contributed by atoms with Gasteiger partial charge in [-0.3, -0.25) is 9.69 Å². The highest BCUT2D eigenvalue weighted by atomic mass is 19.1. The van der Waals surface area contributed by atoms with Crippen LogP contribution < -0.4 is 0 Å². The summed E-state index contributed by atoms with van der Waals surface area (Å²) in [5, 5.41) is 9.52. The number of Topliss-reactive ketones (excluding diaryl/α,β-unsaturated/α-hetero) is 1. The molecule has 0 amide bonds. The zero-order chi connectivity index (χ0) is 13.0. The molecule has 0 saturated carbocycles. The van der Waals surface area contributed by atoms with Gasteiger partial charge < -0.3 is 5.11 Å². The smallest absolute Gasteiger partial charge is 0.151 e. The maximum absolute atomic E-state index is 12.7. The molecule has 1 aromatic rings. The number of β-amino-alcohol motifs (C(OH)–C–C–N with tert-alkyl or cyclic N) is 1. The van der Waals surface area contributed by atoms with Crippen molar-refractivity contribution in [2.75, 3.05) is 19.6 Å². The van der Waals surface area contributed by atoms with E-state index in [4.69, 9.17) is 0 Å². The predicted octanol–water partition coefficient (Wildman–Crippen LogP) is 1.39. The Kier molecular flexibility index (Phi) is 4.44. The first-order valence-electron chi connectivity index (χ1n) is 6.30. The minimum Gasteiger partial charge on any atom is -0.392 e. The summed E-state index contributed by atoms with van der Waals surface area (Å²) < 4.78 is 12.7. The minimum absolute atomic E-state index is 0.107. The molecule has 3 nitrogen and oxygen atoms in total. The van der Waals surface area contributed by atoms with Crippen LogP contribution in [-0.2, 0) is 11.2 Å². The number of hydrogen-bond acceptors (Lipinski definition) is 3. The molecule has 0 aromatic heterocycles. The first-order valence-corrected chi connectivity index (χ1v) is 6.30. The molecule has 1 aromatic carbocycles. The third-order valence-corrected chi connectivity index (χ3v) is 3.20. The van der Waals surface area contributed by atoms with Gasteiger partial charge in [-0.15, -0.1) is 0 Å². The molecule has 0 bridgehead atoms. The number of likely N-dealkylation sites (tertiary alicyclic amines) is 1. The standard InChI is InChI=1S/C14H18FNO2/c15-12-5-3-11(4-6-12)8-14(18)10-16-7-1-2-13(17)9-16/h3-6,13,17H,1-2,7-10H2. The number of benzene rings is 1. The van der Waals surface area contributed by atoms with Gasteiger partial charge in [-0.2, -0.15) is 0 Å². The van der Waals surface area contributed by atoms with Crippen LogP contribution in [0, 0.1) is 5.82 Å². The SMILES string of the molecule is O=C(Cc1ccc(F)cc1)CN1CCCC(O)C1. The number of hydrogen-bond donors (Lipinski definition) is 1. The van der Waals surface area contributed by atoms with Crippen molar-refractivity contribution in [2.45, 2.75) is 25.4 Å². The molecular weight excluding hydrogens is 233 g/mol. The van der Waals surface area contributed by atoms with Crippen LogP contribution in [0.25, 0.3) is 0 Å². The number of carbonyl (C=O) groups is 1. The fourth-order valence-corrected chi connectivity index (χ4v) is 2.31. The summed E-state index contributed by atoms with van der Waals surface area (Å²) in [5.41, 5.74) is 0.832. The Morgan fingerprint density at radius 3 is 2.78 bits per heavy atom. The van der Waals surface area contributed by atoms with Crippen LogP contribution in [0.2, 0.25) is 0 Å². The van der Waals surface area contributed by atoms with Crippen molar-refractivity contribution in [3.8, 4) is 0 Å². The summed E-state index contributed by atoms with van der Waals surface area (Å²) in [4.78, 5) is 13.8. The lowest BCUT2D eigenvalue weighted by atomic mass is 10.1. The topological polar surface area (TPSA) is 40.5 Å². The maximum Gasteiger partial charge on any atom is 0.151 e. The quantitative estimate of drug-likeness (QED) is 0.879. The molecule has 1 saturated heterocycles. The van der Waals surface area contributed by atoms with Gasteiger partial charge in [0.15, 0.2) is 5.78 Å². The van der Waals surface area contributed by atoms with Gasteiger partial charge in [0.25, 0.3) is 0 Å². The summed E-state index contributed by atoms with van der Waals surface area (Å²) in [6, 6.07) is 6.01. The van der Waals surface area contributed by atoms with Crippen LogP contribution in [0.5, 0.6) is 0 Å². The Morgan fingerprint density at radius 1 is 1.39 bits per heavy atom. The lowest BCUT2D eigenvalue weighted by Crippen LogP contribution is -2.41. The number of piperidine rings is 1. The highest BCUT2D eigenvalue weighted by Crippen LogP contribution is 2.10. The van der Waals surface area contributed by atoms with Crippen LogP contribution in [-0.4, -0.2) is 41.5 Å². The average molecular weight is 251 g/mol. The Morgan fingerprint density at radius 2 is 2.11 bits per heavy atom. The number of nitrogens with zero attached hydrogens (tertiary/aromatic N) is 1. The predicted molar refractivity (Wildman–Crippen MR) is 66.8 cm³/mol. The Labute approximate surface area is 106 Å². The maximum atomic E-state index is 12.7. The largest absolute Gasteiger partial charge is 0.392 e. The Bertz CT molecular complexity index is 405. The average Bonchev–Trinajstić information content (AvgIpc) is 2.32. The molecule has 0 radical (unpaired) electrons. The number of rotatable bonds is 4. The second kappa shape index (κ2) is 6.07. The molecule has 1 aliphatic rings. The molecule has 0 spiro atoms. The normalized spacial score (nSPS) is 20.9. The van der Waals surface area contributed by atoms with Gasteiger partial charge in [0.05, 0.1) is 12.6 Å². The lowest BCUT2D eigenvalue weighted by molar-refractivity contribution is -0.120. The van der Waals surface area contributed by atoms with Crippen molar-refractivity contribution < 1.29 is 14.3 Å². The van der Waals surface area contributed by atoms with E-state index < -0.39 is 0 Å². The highest BCUT2D eigenvalue weighted by molar-refractivity contribution is 5.82. The van der Waals surface area contributed by atoms with Gasteiger partial charge >= 0.3 is 0 Å². The molecule has 1 aliphatic heterocycles. The van der Waals surface area contributed by atoms with Gasteiger partial charge in [0, 0.05) is 13.0 Å². The first kappa shape index (κ1) is 13.2. The molecule has 1 heterocycles. The fraction of sp³-hybridized carbons (Fsp3) is 0.500. The second-order valence-electron chi connectivity index (χ2n) is 4.87. The molecule has 1 N–H and O–H groups in total. The molecule has 98 valence electrons. The number of aliphatic hydroxyl groups excluding tert-OH is 1. The molecule has 18 heavy (non-hydrogen) atoms. The second-order valence-corrected chi connectivity index (χ2v) is 4.87. The van der Waals surface area contributed by atoms with E-state index in [1.54, 1.807) is 12.1 Å². The van der Waals surface area contributed by atoms with Gasteiger partial charge in [0.1, 0.15) is 5.82 Å². The van der Waals surface area contributed by atoms with E-state index in [0.717, 1.165) is 24.9 Å². The zero-order valence-electron chi connectivity index (χ0n) is 10.3. The van der Waals surface area contributed by atoms with Crippen LogP contribution in [0.3, 0.4) is 0 Å². The Hall–Kier alpha value is -1.26. The summed E-state index contributed by atoms with van der Waals surface area (Å²) in [6.45, 7) is 1.82. The van der Waals surface area contributed by atoms with Crippen molar-refractivity contribution in [2.24, 2.45) is 0 Å². The van der Waals surface area contributed by atoms with Crippen molar-refractivity contribution in [3.05, 3.63) is 35.6 Å². The van der Waals surface area contributed by atoms with E-state index in [-0.39, 0.29) is 17.7 Å². The summed E-state index contributed by atoms with van der Waals surface area (Å²) >= 11 is 0. The molecule has 4 heteroatoms. The molecular formula is C14H18FNO2.